The molecule has 0 unspecified atom stereocenters. The predicted molar refractivity (Wildman–Crippen MR) is 153 cm³/mol. The molecule has 1 aliphatic heterocycles. The van der Waals surface area contributed by atoms with Gasteiger partial charge in [-0.15, -0.1) is 0 Å². The normalized spacial score (nSPS) is 18.1. The summed E-state index contributed by atoms with van der Waals surface area (Å²) in [6, 6.07) is 13.4. The number of hydrogen-bond acceptors (Lipinski definition) is 9. The minimum atomic E-state index is -2.22. The third-order valence-electron chi connectivity index (χ3n) is 7.15. The van der Waals surface area contributed by atoms with Crippen LogP contribution in [0.15, 0.2) is 66.7 Å². The van der Waals surface area contributed by atoms with Crippen LogP contribution in [0.4, 0.5) is 9.18 Å². The number of esters is 1. The second kappa shape index (κ2) is 13.9. The number of ketones is 1. The standard InChI is InChI=1S/C31H31FN2O10/c1-41-18-43-25-12-10-21(42-2)16-23(25)27(36)31(44-29(38)19-7-4-3-5-8-19)13-6-14-34(30(39)40)17-26(31)33-28(37)22-15-20(32)9-11-24(22)35/h3-5,7-12,15-16,26,35H,6,13-14,17-18H2,1-2H3,(H,33,37)(H,39,40)/t26-,31-/m1/s1. The van der Waals surface area contributed by atoms with E-state index in [-0.39, 0.29) is 48.8 Å². The van der Waals surface area contributed by atoms with Gasteiger partial charge >= 0.3 is 12.1 Å². The zero-order valence-corrected chi connectivity index (χ0v) is 23.9. The van der Waals surface area contributed by atoms with Gasteiger partial charge in [-0.2, -0.15) is 0 Å². The van der Waals surface area contributed by atoms with Crippen molar-refractivity contribution in [2.45, 2.75) is 24.5 Å². The molecule has 1 saturated heterocycles. The molecule has 232 valence electrons. The van der Waals surface area contributed by atoms with Crippen LogP contribution in [0, 0.1) is 5.82 Å². The Morgan fingerprint density at radius 1 is 1.02 bits per heavy atom. The highest BCUT2D eigenvalue weighted by atomic mass is 19.1. The number of carbonyl (C=O) groups is 4. The van der Waals surface area contributed by atoms with Gasteiger partial charge < -0.3 is 39.4 Å². The van der Waals surface area contributed by atoms with Gasteiger partial charge in [0, 0.05) is 20.2 Å². The molecule has 3 N–H and O–H groups in total. The van der Waals surface area contributed by atoms with Crippen molar-refractivity contribution in [2.24, 2.45) is 0 Å². The van der Waals surface area contributed by atoms with Gasteiger partial charge in [0.15, 0.2) is 12.4 Å². The van der Waals surface area contributed by atoms with Crippen molar-refractivity contribution < 1.29 is 52.7 Å². The molecule has 0 spiro atoms. The first-order valence-electron chi connectivity index (χ1n) is 13.5. The zero-order valence-electron chi connectivity index (χ0n) is 23.9. The summed E-state index contributed by atoms with van der Waals surface area (Å²) in [5.74, 6) is -3.86. The Morgan fingerprint density at radius 3 is 2.45 bits per heavy atom. The highest BCUT2D eigenvalue weighted by Crippen LogP contribution is 2.37. The van der Waals surface area contributed by atoms with Gasteiger partial charge in [0.2, 0.25) is 5.78 Å². The molecule has 2 amide bonds. The number of carbonyl (C=O) groups excluding carboxylic acids is 3. The number of nitrogens with one attached hydrogen (secondary N) is 1. The number of methoxy groups -OCH3 is 2. The number of phenols is 1. The van der Waals surface area contributed by atoms with Gasteiger partial charge in [0.05, 0.1) is 29.8 Å². The summed E-state index contributed by atoms with van der Waals surface area (Å²) < 4.78 is 36.0. The number of aromatic hydroxyl groups is 1. The van der Waals surface area contributed by atoms with Crippen LogP contribution in [0.5, 0.6) is 17.2 Å². The Bertz CT molecular complexity index is 1530. The van der Waals surface area contributed by atoms with E-state index in [9.17, 15) is 33.8 Å². The van der Waals surface area contributed by atoms with Crippen LogP contribution < -0.4 is 14.8 Å². The van der Waals surface area contributed by atoms with Crippen LogP contribution >= 0.6 is 0 Å². The average Bonchev–Trinajstić information content (AvgIpc) is 3.21. The Hall–Kier alpha value is -5.17. The summed E-state index contributed by atoms with van der Waals surface area (Å²) in [6.07, 6.45) is -1.52. The van der Waals surface area contributed by atoms with Crippen molar-refractivity contribution in [3.8, 4) is 17.2 Å². The molecular formula is C31H31FN2O10. The molecule has 0 saturated carbocycles. The summed E-state index contributed by atoms with van der Waals surface area (Å²) in [4.78, 5) is 54.9. The maximum atomic E-state index is 14.7. The lowest BCUT2D eigenvalue weighted by molar-refractivity contribution is -0.0275. The molecule has 0 bridgehead atoms. The first-order chi connectivity index (χ1) is 21.1. The second-order valence-electron chi connectivity index (χ2n) is 9.91. The van der Waals surface area contributed by atoms with Crippen molar-refractivity contribution in [1.82, 2.24) is 10.2 Å². The number of ether oxygens (including phenoxy) is 4. The number of carboxylic acid groups (broad SMARTS) is 1. The van der Waals surface area contributed by atoms with E-state index in [2.05, 4.69) is 5.32 Å². The molecule has 1 aliphatic rings. The van der Waals surface area contributed by atoms with Crippen molar-refractivity contribution in [2.75, 3.05) is 34.1 Å². The first kappa shape index (κ1) is 31.8. The van der Waals surface area contributed by atoms with Crippen LogP contribution in [0.3, 0.4) is 0 Å². The van der Waals surface area contributed by atoms with Gasteiger partial charge in [-0.3, -0.25) is 9.59 Å². The number of Topliss-reactive ketones (excluding diaryl/α,β-unsaturated/α-hetero) is 1. The quantitative estimate of drug-likeness (QED) is 0.175. The topological polar surface area (TPSA) is 161 Å². The van der Waals surface area contributed by atoms with Gasteiger partial charge in [-0.05, 0) is 61.4 Å². The number of likely N-dealkylation sites (tertiary alicyclic amines) is 1. The fraction of sp³-hybridized carbons (Fsp3) is 0.290. The number of hydrogen-bond donors (Lipinski definition) is 3. The molecule has 3 aromatic carbocycles. The fourth-order valence-electron chi connectivity index (χ4n) is 4.96. The van der Waals surface area contributed by atoms with E-state index >= 15 is 0 Å². The third-order valence-corrected chi connectivity index (χ3v) is 7.15. The van der Waals surface area contributed by atoms with E-state index in [1.165, 1.54) is 44.6 Å². The molecule has 0 aromatic heterocycles. The molecule has 3 aromatic rings. The summed E-state index contributed by atoms with van der Waals surface area (Å²) in [5.41, 5.74) is -2.70. The van der Waals surface area contributed by atoms with Crippen molar-refractivity contribution in [3.05, 3.63) is 89.2 Å². The lowest BCUT2D eigenvalue weighted by Gasteiger charge is -2.39. The SMILES string of the molecule is COCOc1ccc(OC)cc1C(=O)[C@@]1(OC(=O)c2ccccc2)CCCN(C(=O)O)C[C@H]1NC(=O)c1cc(F)ccc1O. The Labute approximate surface area is 251 Å². The van der Waals surface area contributed by atoms with E-state index in [1.54, 1.807) is 18.2 Å². The molecule has 13 heteroatoms. The van der Waals surface area contributed by atoms with Gasteiger partial charge in [-0.1, -0.05) is 18.2 Å². The third kappa shape index (κ3) is 6.89. The highest BCUT2D eigenvalue weighted by molar-refractivity contribution is 6.08. The maximum absolute atomic E-state index is 14.7. The van der Waals surface area contributed by atoms with Gasteiger partial charge in [-0.25, -0.2) is 14.0 Å². The second-order valence-corrected chi connectivity index (χ2v) is 9.91. The number of benzene rings is 3. The number of phenolic OH excluding ortho intramolecular Hbond substituents is 1. The van der Waals surface area contributed by atoms with Crippen LogP contribution in [0.25, 0.3) is 0 Å². The predicted octanol–water partition coefficient (Wildman–Crippen LogP) is 3.87. The van der Waals surface area contributed by atoms with Crippen LogP contribution in [0.2, 0.25) is 0 Å². The monoisotopic (exact) mass is 610 g/mol. The molecule has 0 aliphatic carbocycles. The first-order valence-corrected chi connectivity index (χ1v) is 13.5. The highest BCUT2D eigenvalue weighted by Gasteiger charge is 2.53. The smallest absolute Gasteiger partial charge is 0.407 e. The minimum absolute atomic E-state index is 0.0416. The van der Waals surface area contributed by atoms with Crippen LogP contribution in [0.1, 0.15) is 43.9 Å². The Morgan fingerprint density at radius 2 is 1.77 bits per heavy atom. The number of halogens is 1. The largest absolute Gasteiger partial charge is 0.507 e. The lowest BCUT2D eigenvalue weighted by atomic mass is 9.81. The molecule has 1 fully saturated rings. The van der Waals surface area contributed by atoms with Crippen LogP contribution in [-0.2, 0) is 9.47 Å². The van der Waals surface area contributed by atoms with E-state index in [0.717, 1.165) is 23.1 Å². The van der Waals surface area contributed by atoms with E-state index in [4.69, 9.17) is 18.9 Å². The molecule has 12 nitrogen and oxygen atoms in total. The summed E-state index contributed by atoms with van der Waals surface area (Å²) >= 11 is 0. The maximum Gasteiger partial charge on any atom is 0.407 e. The van der Waals surface area contributed by atoms with Gasteiger partial charge in [0.1, 0.15) is 23.1 Å². The van der Waals surface area contributed by atoms with Crippen molar-refractivity contribution in [3.63, 3.8) is 0 Å². The van der Waals surface area contributed by atoms with Crippen molar-refractivity contribution >= 4 is 23.8 Å². The molecule has 1 heterocycles. The fourth-order valence-corrected chi connectivity index (χ4v) is 4.96. The molecule has 0 radical (unpaired) electrons. The molecule has 44 heavy (non-hydrogen) atoms. The van der Waals surface area contributed by atoms with Crippen molar-refractivity contribution in [1.29, 1.82) is 0 Å². The summed E-state index contributed by atoms with van der Waals surface area (Å²) in [6.45, 7) is -0.797. The lowest BCUT2D eigenvalue weighted by Crippen LogP contribution is -2.62. The van der Waals surface area contributed by atoms with E-state index < -0.39 is 59.1 Å². The number of nitrogens with zero attached hydrogens (tertiary/aromatic N) is 1. The van der Waals surface area contributed by atoms with Gasteiger partial charge in [0.25, 0.3) is 5.91 Å². The zero-order chi connectivity index (χ0) is 31.9. The average molecular weight is 611 g/mol. The number of rotatable bonds is 10. The molecule has 2 atom stereocenters. The summed E-state index contributed by atoms with van der Waals surface area (Å²) in [7, 11) is 2.77. The minimum Gasteiger partial charge on any atom is -0.507 e. The Balaban J connectivity index is 1.90. The number of amides is 2. The van der Waals surface area contributed by atoms with E-state index in [0.29, 0.717) is 0 Å². The molecular weight excluding hydrogens is 579 g/mol. The summed E-state index contributed by atoms with van der Waals surface area (Å²) in [5, 5.41) is 22.7. The van der Waals surface area contributed by atoms with E-state index in [1.807, 2.05) is 0 Å². The molecule has 4 rings (SSSR count). The Kier molecular flexibility index (Phi) is 10.0. The van der Waals surface area contributed by atoms with Crippen LogP contribution in [-0.4, -0.2) is 84.6 Å².